The molecule has 3 saturated heterocycles. The third-order valence-corrected chi connectivity index (χ3v) is 8.42. The van der Waals surface area contributed by atoms with E-state index in [-0.39, 0.29) is 18.4 Å². The van der Waals surface area contributed by atoms with Crippen LogP contribution in [-0.4, -0.2) is 114 Å². The Bertz CT molecular complexity index is 1080. The molecule has 3 aliphatic heterocycles. The van der Waals surface area contributed by atoms with Crippen LogP contribution in [0.15, 0.2) is 30.3 Å². The van der Waals surface area contributed by atoms with Crippen LogP contribution in [0.4, 0.5) is 10.5 Å². The second-order valence-corrected chi connectivity index (χ2v) is 10.7. The van der Waals surface area contributed by atoms with Crippen LogP contribution >= 0.6 is 11.8 Å². The summed E-state index contributed by atoms with van der Waals surface area (Å²) < 4.78 is 4.82. The van der Waals surface area contributed by atoms with Gasteiger partial charge in [-0.3, -0.25) is 14.4 Å². The molecule has 4 rings (SSSR count). The third-order valence-electron chi connectivity index (χ3n) is 7.41. The number of thioether (sulfide) groups is 1. The maximum absolute atomic E-state index is 13.2. The third kappa shape index (κ3) is 5.38. The number of hydrogen-bond donors (Lipinski definition) is 2. The van der Waals surface area contributed by atoms with Gasteiger partial charge in [-0.1, -0.05) is 18.2 Å². The number of piperidine rings is 1. The summed E-state index contributed by atoms with van der Waals surface area (Å²) in [6.07, 6.45) is 0.936. The average Bonchev–Trinajstić information content (AvgIpc) is 3.52. The van der Waals surface area contributed by atoms with E-state index >= 15 is 0 Å². The number of likely N-dealkylation sites (N-methyl/N-ethyl adjacent to an activating group) is 1. The highest BCUT2D eigenvalue weighted by atomic mass is 32.2. The number of likely N-dealkylation sites (tertiary alicyclic amines) is 1. The Morgan fingerprint density at radius 3 is 2.47 bits per heavy atom. The molecule has 0 aromatic heterocycles. The number of urea groups is 1. The number of methoxy groups -OCH3 is 1. The number of anilines is 1. The fourth-order valence-electron chi connectivity index (χ4n) is 5.26. The lowest BCUT2D eigenvalue weighted by atomic mass is 9.85. The predicted octanol–water partition coefficient (Wildman–Crippen LogP) is 0.0459. The van der Waals surface area contributed by atoms with Gasteiger partial charge in [-0.15, -0.1) is 11.8 Å². The number of ether oxygens (including phenoxy) is 1. The van der Waals surface area contributed by atoms with E-state index in [4.69, 9.17) is 4.74 Å². The highest BCUT2D eigenvalue weighted by molar-refractivity contribution is 7.99. The summed E-state index contributed by atoms with van der Waals surface area (Å²) in [6.45, 7) is 2.42. The molecule has 0 bridgehead atoms. The van der Waals surface area contributed by atoms with Gasteiger partial charge in [-0.05, 0) is 25.0 Å². The molecule has 12 nitrogen and oxygen atoms in total. The van der Waals surface area contributed by atoms with E-state index in [1.165, 1.54) is 30.7 Å². The van der Waals surface area contributed by atoms with Crippen molar-refractivity contribution in [3.63, 3.8) is 0 Å². The molecule has 1 spiro atoms. The zero-order chi connectivity index (χ0) is 27.4. The highest BCUT2D eigenvalue weighted by Gasteiger charge is 2.53. The smallest absolute Gasteiger partial charge is 0.330 e. The maximum atomic E-state index is 13.2. The number of hydrogen-bond acceptors (Lipinski definition) is 8. The molecule has 1 aromatic carbocycles. The number of rotatable bonds is 6. The van der Waals surface area contributed by atoms with Gasteiger partial charge in [0.1, 0.15) is 17.6 Å². The van der Waals surface area contributed by atoms with E-state index in [9.17, 15) is 24.0 Å². The van der Waals surface area contributed by atoms with Gasteiger partial charge in [0, 0.05) is 38.5 Å². The van der Waals surface area contributed by atoms with Crippen LogP contribution in [0.5, 0.6) is 0 Å². The van der Waals surface area contributed by atoms with Gasteiger partial charge in [0.15, 0.2) is 0 Å². The number of esters is 1. The fourth-order valence-corrected chi connectivity index (χ4v) is 6.48. The van der Waals surface area contributed by atoms with E-state index in [0.29, 0.717) is 44.2 Å². The molecule has 3 heterocycles. The zero-order valence-electron chi connectivity index (χ0n) is 21.8. The molecule has 5 amide bonds. The Morgan fingerprint density at radius 1 is 1.16 bits per heavy atom. The van der Waals surface area contributed by atoms with Crippen molar-refractivity contribution in [1.29, 1.82) is 0 Å². The molecule has 2 atom stereocenters. The first-order valence-corrected chi connectivity index (χ1v) is 13.7. The molecule has 3 aliphatic rings. The molecule has 13 heteroatoms. The Hall–Kier alpha value is -3.48. The maximum Gasteiger partial charge on any atom is 0.330 e. The molecule has 1 aromatic rings. The fraction of sp³-hybridized carbons (Fsp3) is 0.560. The van der Waals surface area contributed by atoms with Crippen LogP contribution in [0.3, 0.4) is 0 Å². The van der Waals surface area contributed by atoms with E-state index < -0.39 is 35.5 Å². The van der Waals surface area contributed by atoms with Gasteiger partial charge in [-0.25, -0.2) is 9.59 Å². The van der Waals surface area contributed by atoms with Crippen LogP contribution in [0.2, 0.25) is 0 Å². The standard InChI is InChI=1S/C25H34N6O6S/c1-17(32)30-16-38-14-20(30)21(33)27-19(22(34)37-3)13-26-24(36)29-11-9-25(10-12-29)23(35)28(2)15-31(25)18-7-5-4-6-8-18/h4-8,19-20H,9-16H2,1-3H3,(H,26,36)(H,27,33). The van der Waals surface area contributed by atoms with Crippen molar-refractivity contribution in [2.45, 2.75) is 37.4 Å². The summed E-state index contributed by atoms with van der Waals surface area (Å²) in [5.74, 6) is -0.522. The first-order valence-electron chi connectivity index (χ1n) is 12.5. The van der Waals surface area contributed by atoms with E-state index in [1.54, 1.807) is 16.8 Å². The highest BCUT2D eigenvalue weighted by Crippen LogP contribution is 2.38. The zero-order valence-corrected chi connectivity index (χ0v) is 22.7. The Balaban J connectivity index is 1.35. The molecular formula is C25H34N6O6S. The van der Waals surface area contributed by atoms with Crippen LogP contribution in [0, 0.1) is 0 Å². The number of amides is 5. The lowest BCUT2D eigenvalue weighted by Crippen LogP contribution is -2.59. The molecule has 2 N–H and O–H groups in total. The average molecular weight is 547 g/mol. The normalized spacial score (nSPS) is 21.4. The summed E-state index contributed by atoms with van der Waals surface area (Å²) in [6, 6.07) is 7.58. The number of carbonyl (C=O) groups excluding carboxylic acids is 5. The molecule has 0 radical (unpaired) electrons. The second kappa shape index (κ2) is 11.5. The first kappa shape index (κ1) is 27.6. The summed E-state index contributed by atoms with van der Waals surface area (Å²) in [7, 11) is 2.99. The molecule has 0 aliphatic carbocycles. The topological polar surface area (TPSA) is 132 Å². The van der Waals surface area contributed by atoms with E-state index in [0.717, 1.165) is 5.69 Å². The molecule has 3 fully saturated rings. The first-order chi connectivity index (χ1) is 18.2. The largest absolute Gasteiger partial charge is 0.467 e. The minimum Gasteiger partial charge on any atom is -0.467 e. The number of benzene rings is 1. The molecule has 38 heavy (non-hydrogen) atoms. The van der Waals surface area contributed by atoms with Gasteiger partial charge in [0.05, 0.1) is 26.2 Å². The SMILES string of the molecule is COC(=O)C(CNC(=O)N1CCC2(CC1)C(=O)N(C)CN2c1ccccc1)NC(=O)C1CSCN1C(C)=O. The van der Waals surface area contributed by atoms with Gasteiger partial charge < -0.3 is 35.0 Å². The Kier molecular flexibility index (Phi) is 8.34. The lowest BCUT2D eigenvalue weighted by molar-refractivity contribution is -0.145. The van der Waals surface area contributed by atoms with Crippen LogP contribution < -0.4 is 15.5 Å². The lowest BCUT2D eigenvalue weighted by Gasteiger charge is -2.43. The number of nitrogens with zero attached hydrogens (tertiary/aromatic N) is 4. The number of nitrogens with one attached hydrogen (secondary N) is 2. The van der Waals surface area contributed by atoms with Crippen LogP contribution in [0.25, 0.3) is 0 Å². The predicted molar refractivity (Wildman–Crippen MR) is 141 cm³/mol. The van der Waals surface area contributed by atoms with Gasteiger partial charge in [0.2, 0.25) is 17.7 Å². The number of carbonyl (C=O) groups is 5. The Labute approximate surface area is 226 Å². The summed E-state index contributed by atoms with van der Waals surface area (Å²) in [4.78, 5) is 70.0. The minimum absolute atomic E-state index is 0.0413. The van der Waals surface area contributed by atoms with Crippen molar-refractivity contribution in [3.05, 3.63) is 30.3 Å². The van der Waals surface area contributed by atoms with Gasteiger partial charge in [-0.2, -0.15) is 0 Å². The van der Waals surface area contributed by atoms with Crippen molar-refractivity contribution < 1.29 is 28.7 Å². The minimum atomic E-state index is -1.11. The van der Waals surface area contributed by atoms with Crippen molar-refractivity contribution in [1.82, 2.24) is 25.3 Å². The molecule has 2 unspecified atom stereocenters. The van der Waals surface area contributed by atoms with Crippen LogP contribution in [0.1, 0.15) is 19.8 Å². The summed E-state index contributed by atoms with van der Waals surface area (Å²) in [5.41, 5.74) is 0.251. The van der Waals surface area contributed by atoms with Gasteiger partial charge >= 0.3 is 12.0 Å². The van der Waals surface area contributed by atoms with Crippen LogP contribution in [-0.2, 0) is 23.9 Å². The molecular weight excluding hydrogens is 512 g/mol. The second-order valence-electron chi connectivity index (χ2n) is 9.70. The molecule has 0 saturated carbocycles. The quantitative estimate of drug-likeness (QED) is 0.479. The van der Waals surface area contributed by atoms with E-state index in [1.807, 2.05) is 30.3 Å². The summed E-state index contributed by atoms with van der Waals surface area (Å²) >= 11 is 1.45. The van der Waals surface area contributed by atoms with Crippen molar-refractivity contribution in [3.8, 4) is 0 Å². The summed E-state index contributed by atoms with van der Waals surface area (Å²) in [5, 5.41) is 5.33. The number of para-hydroxylation sites is 1. The van der Waals surface area contributed by atoms with Crippen molar-refractivity contribution in [2.24, 2.45) is 0 Å². The van der Waals surface area contributed by atoms with E-state index in [2.05, 4.69) is 15.5 Å². The monoisotopic (exact) mass is 546 g/mol. The van der Waals surface area contributed by atoms with Crippen molar-refractivity contribution in [2.75, 3.05) is 57.0 Å². The van der Waals surface area contributed by atoms with Gasteiger partial charge in [0.25, 0.3) is 0 Å². The Morgan fingerprint density at radius 2 is 1.84 bits per heavy atom. The van der Waals surface area contributed by atoms with Crippen molar-refractivity contribution >= 4 is 47.2 Å². The molecule has 206 valence electrons.